The molecule has 0 saturated heterocycles. The first-order valence-corrected chi connectivity index (χ1v) is 5.65. The highest BCUT2D eigenvalue weighted by molar-refractivity contribution is 6.54. The van der Waals surface area contributed by atoms with Crippen molar-refractivity contribution in [3.63, 3.8) is 0 Å². The molecule has 1 fully saturated rings. The van der Waals surface area contributed by atoms with Crippen molar-refractivity contribution < 1.29 is 23.1 Å². The summed E-state index contributed by atoms with van der Waals surface area (Å²) in [5.41, 5.74) is 1.47. The number of carbonyl (C=O) groups is 1. The van der Waals surface area contributed by atoms with E-state index >= 15 is 0 Å². The largest absolute Gasteiger partial charge is 0.483 e. The molecule has 2 rings (SSSR count). The summed E-state index contributed by atoms with van der Waals surface area (Å²) in [6.45, 7) is 1.57. The number of aryl methyl sites for hydroxylation is 1. The third-order valence-electron chi connectivity index (χ3n) is 2.84. The molecule has 1 aromatic heterocycles. The van der Waals surface area contributed by atoms with Crippen LogP contribution in [0.4, 0.5) is 13.2 Å². The van der Waals surface area contributed by atoms with Crippen molar-refractivity contribution in [2.45, 2.75) is 31.8 Å². The van der Waals surface area contributed by atoms with Crippen LogP contribution in [0, 0.1) is 12.8 Å². The lowest BCUT2D eigenvalue weighted by molar-refractivity contribution is -0.193. The molecular weight excluding hydrogens is 260 g/mol. The summed E-state index contributed by atoms with van der Waals surface area (Å²) in [7, 11) is 1.77. The van der Waals surface area contributed by atoms with Gasteiger partial charge in [0.25, 0.3) is 6.47 Å². The average molecular weight is 273 g/mol. The molecule has 1 saturated carbocycles. The Labute approximate surface area is 109 Å². The lowest BCUT2D eigenvalue weighted by Crippen LogP contribution is -2.38. The molecular formula is C11H13BF3N2O2. The summed E-state index contributed by atoms with van der Waals surface area (Å²) in [5.74, 6) is -1.14. The minimum Gasteiger partial charge on any atom is -0.483 e. The Morgan fingerprint density at radius 2 is 1.95 bits per heavy atom. The lowest BCUT2D eigenvalue weighted by atomic mass is 9.50. The van der Waals surface area contributed by atoms with E-state index in [0.29, 0.717) is 5.59 Å². The van der Waals surface area contributed by atoms with Gasteiger partial charge in [-0.05, 0) is 19.8 Å². The molecule has 1 aliphatic carbocycles. The molecule has 8 heteroatoms. The van der Waals surface area contributed by atoms with Crippen molar-refractivity contribution in [3.8, 4) is 0 Å². The second kappa shape index (κ2) is 6.54. The van der Waals surface area contributed by atoms with E-state index in [9.17, 15) is 13.2 Å². The first-order chi connectivity index (χ1) is 8.86. The third-order valence-corrected chi connectivity index (χ3v) is 2.84. The molecule has 1 aliphatic rings. The zero-order valence-electron chi connectivity index (χ0n) is 10.3. The molecule has 0 aliphatic heterocycles. The molecule has 0 bridgehead atoms. The molecule has 1 heterocycles. The molecule has 103 valence electrons. The maximum atomic E-state index is 12.2. The van der Waals surface area contributed by atoms with Gasteiger partial charge in [-0.25, -0.2) is 0 Å². The number of rotatable bonds is 2. The van der Waals surface area contributed by atoms with Gasteiger partial charge in [-0.3, -0.25) is 14.8 Å². The minimum atomic E-state index is -4.04. The predicted molar refractivity (Wildman–Crippen MR) is 63.4 cm³/mol. The predicted octanol–water partition coefficient (Wildman–Crippen LogP) is 1.58. The molecule has 1 radical (unpaired) electrons. The van der Waals surface area contributed by atoms with Crippen LogP contribution in [0.5, 0.6) is 0 Å². The molecule has 1 N–H and O–H groups in total. The van der Waals surface area contributed by atoms with Gasteiger partial charge in [0.2, 0.25) is 0 Å². The number of alkyl halides is 3. The van der Waals surface area contributed by atoms with Crippen molar-refractivity contribution in [2.75, 3.05) is 0 Å². The summed E-state index contributed by atoms with van der Waals surface area (Å²) in [6, 6.07) is 0. The summed E-state index contributed by atoms with van der Waals surface area (Å²) >= 11 is 0. The quantitative estimate of drug-likeness (QED) is 0.656. The zero-order valence-corrected chi connectivity index (χ0v) is 10.3. The molecule has 0 unspecified atom stereocenters. The van der Waals surface area contributed by atoms with E-state index < -0.39 is 12.1 Å². The number of carboxylic acid groups (broad SMARTS) is 1. The fraction of sp³-hybridized carbons (Fsp3) is 0.545. The summed E-state index contributed by atoms with van der Waals surface area (Å²) in [5, 5.41) is 6.89. The number of hydrogen-bond donors (Lipinski definition) is 1. The second-order valence-corrected chi connectivity index (χ2v) is 4.32. The van der Waals surface area contributed by atoms with Crippen molar-refractivity contribution in [3.05, 3.63) is 18.1 Å². The normalized spacial score (nSPS) is 21.7. The SMILES string of the molecule is Cc1cnc([B]C2CC(C(F)(F)F)C2)cn1.O=CO. The topological polar surface area (TPSA) is 63.1 Å². The van der Waals surface area contributed by atoms with Crippen LogP contribution in [0.15, 0.2) is 12.4 Å². The third kappa shape index (κ3) is 4.88. The maximum Gasteiger partial charge on any atom is 0.391 e. The number of nitrogens with zero attached hydrogens (tertiary/aromatic N) is 2. The van der Waals surface area contributed by atoms with Crippen molar-refractivity contribution >= 4 is 19.3 Å². The van der Waals surface area contributed by atoms with Crippen LogP contribution in [0.1, 0.15) is 18.5 Å². The van der Waals surface area contributed by atoms with Crippen LogP contribution in [-0.2, 0) is 4.79 Å². The molecule has 0 atom stereocenters. The van der Waals surface area contributed by atoms with Crippen LogP contribution >= 0.6 is 0 Å². The van der Waals surface area contributed by atoms with Gasteiger partial charge in [-0.1, -0.05) is 5.82 Å². The van der Waals surface area contributed by atoms with Crippen LogP contribution < -0.4 is 5.59 Å². The standard InChI is InChI=1S/C10H11BF3N2.CH2O2/c1-6-4-16-9(5-15-6)11-8-2-7(3-8)10(12,13)14;2-1-3/h4-5,7-8H,2-3H2,1H3;1H,(H,2,3). The van der Waals surface area contributed by atoms with E-state index in [2.05, 4.69) is 9.97 Å². The number of hydrogen-bond acceptors (Lipinski definition) is 3. The Morgan fingerprint density at radius 3 is 2.37 bits per heavy atom. The van der Waals surface area contributed by atoms with Crippen LogP contribution in [0.25, 0.3) is 0 Å². The maximum absolute atomic E-state index is 12.2. The van der Waals surface area contributed by atoms with Gasteiger partial charge < -0.3 is 5.11 Å². The van der Waals surface area contributed by atoms with Gasteiger partial charge in [-0.2, -0.15) is 13.2 Å². The molecule has 1 aromatic rings. The molecule has 0 spiro atoms. The van der Waals surface area contributed by atoms with E-state index in [1.807, 2.05) is 6.92 Å². The lowest BCUT2D eigenvalue weighted by Gasteiger charge is -2.36. The van der Waals surface area contributed by atoms with Crippen molar-refractivity contribution in [2.24, 2.45) is 5.92 Å². The van der Waals surface area contributed by atoms with Gasteiger partial charge >= 0.3 is 6.18 Å². The Kier molecular flexibility index (Phi) is 5.32. The van der Waals surface area contributed by atoms with E-state index in [1.54, 1.807) is 19.7 Å². The molecule has 0 aromatic carbocycles. The Hall–Kier alpha value is -1.60. The van der Waals surface area contributed by atoms with E-state index in [-0.39, 0.29) is 25.1 Å². The fourth-order valence-corrected chi connectivity index (χ4v) is 1.80. The highest BCUT2D eigenvalue weighted by Crippen LogP contribution is 2.47. The molecule has 4 nitrogen and oxygen atoms in total. The highest BCUT2D eigenvalue weighted by Gasteiger charge is 2.47. The van der Waals surface area contributed by atoms with Crippen molar-refractivity contribution in [1.82, 2.24) is 9.97 Å². The molecule has 19 heavy (non-hydrogen) atoms. The second-order valence-electron chi connectivity index (χ2n) is 4.32. The zero-order chi connectivity index (χ0) is 14.5. The van der Waals surface area contributed by atoms with Crippen LogP contribution in [-0.4, -0.2) is 35.0 Å². The van der Waals surface area contributed by atoms with Gasteiger partial charge in [0, 0.05) is 18.0 Å². The fourth-order valence-electron chi connectivity index (χ4n) is 1.80. The van der Waals surface area contributed by atoms with Crippen LogP contribution in [0.2, 0.25) is 5.82 Å². The highest BCUT2D eigenvalue weighted by atomic mass is 19.4. The average Bonchev–Trinajstić information content (AvgIpc) is 2.24. The van der Waals surface area contributed by atoms with Gasteiger partial charge in [0.05, 0.1) is 11.6 Å². The smallest absolute Gasteiger partial charge is 0.391 e. The summed E-state index contributed by atoms with van der Waals surface area (Å²) in [6.07, 6.45) is -0.469. The summed E-state index contributed by atoms with van der Waals surface area (Å²) in [4.78, 5) is 16.5. The summed E-state index contributed by atoms with van der Waals surface area (Å²) < 4.78 is 36.7. The Balaban J connectivity index is 0.000000550. The Morgan fingerprint density at radius 1 is 1.37 bits per heavy atom. The first kappa shape index (κ1) is 15.5. The van der Waals surface area contributed by atoms with Gasteiger partial charge in [0.15, 0.2) is 7.28 Å². The van der Waals surface area contributed by atoms with Gasteiger partial charge in [0.1, 0.15) is 0 Å². The van der Waals surface area contributed by atoms with Crippen LogP contribution in [0.3, 0.4) is 0 Å². The Bertz CT molecular complexity index is 405. The van der Waals surface area contributed by atoms with E-state index in [1.165, 1.54) is 0 Å². The minimum absolute atomic E-state index is 0.0105. The van der Waals surface area contributed by atoms with E-state index in [0.717, 1.165) is 5.69 Å². The number of aromatic nitrogens is 2. The monoisotopic (exact) mass is 273 g/mol. The van der Waals surface area contributed by atoms with E-state index in [4.69, 9.17) is 9.90 Å². The molecule has 0 amide bonds. The first-order valence-electron chi connectivity index (χ1n) is 5.65. The van der Waals surface area contributed by atoms with Gasteiger partial charge in [-0.15, -0.1) is 0 Å². The van der Waals surface area contributed by atoms with Crippen molar-refractivity contribution in [1.29, 1.82) is 0 Å². The number of halogens is 3.